The quantitative estimate of drug-likeness (QED) is 0.0623. The summed E-state index contributed by atoms with van der Waals surface area (Å²) < 4.78 is 2.62. The van der Waals surface area contributed by atoms with Gasteiger partial charge < -0.3 is 0 Å². The SMILES string of the molecule is CCCCCCCCCCCCCCCCC(CCCCCCCCCCCC)c1[nH]cc[n+]1C(C)CCCCCC. The minimum Gasteiger partial charge on any atom is -0.247 e. The summed E-state index contributed by atoms with van der Waals surface area (Å²) in [7, 11) is 0. The van der Waals surface area contributed by atoms with E-state index in [1.54, 1.807) is 0 Å². The van der Waals surface area contributed by atoms with E-state index < -0.39 is 0 Å². The molecule has 0 fully saturated rings. The van der Waals surface area contributed by atoms with E-state index in [1.165, 1.54) is 205 Å². The van der Waals surface area contributed by atoms with Gasteiger partial charge in [-0.25, -0.2) is 9.55 Å². The van der Waals surface area contributed by atoms with Crippen molar-refractivity contribution in [3.8, 4) is 0 Å². The number of aromatic nitrogens is 2. The van der Waals surface area contributed by atoms with Gasteiger partial charge in [-0.05, 0) is 32.6 Å². The molecule has 0 aromatic carbocycles. The normalized spacial score (nSPS) is 13.1. The Bertz CT molecular complexity index is 650. The molecule has 0 saturated carbocycles. The first-order chi connectivity index (χ1) is 20.7. The summed E-state index contributed by atoms with van der Waals surface area (Å²) in [5, 5.41) is 0. The fourth-order valence-corrected chi connectivity index (χ4v) is 6.96. The lowest BCUT2D eigenvalue weighted by molar-refractivity contribution is -0.727. The van der Waals surface area contributed by atoms with E-state index >= 15 is 0 Å². The third-order valence-electron chi connectivity index (χ3n) is 9.89. The van der Waals surface area contributed by atoms with Gasteiger partial charge in [0.25, 0.3) is 5.82 Å². The van der Waals surface area contributed by atoms with Gasteiger partial charge in [0.05, 0.1) is 12.0 Å². The van der Waals surface area contributed by atoms with E-state index in [9.17, 15) is 0 Å². The zero-order valence-electron chi connectivity index (χ0n) is 29.7. The first kappa shape index (κ1) is 39.2. The molecule has 42 heavy (non-hydrogen) atoms. The van der Waals surface area contributed by atoms with E-state index in [0.717, 1.165) is 0 Å². The van der Waals surface area contributed by atoms with Crippen molar-refractivity contribution in [1.82, 2.24) is 4.98 Å². The largest absolute Gasteiger partial charge is 0.257 e. The zero-order chi connectivity index (χ0) is 30.4. The molecule has 2 nitrogen and oxygen atoms in total. The maximum Gasteiger partial charge on any atom is 0.257 e. The van der Waals surface area contributed by atoms with Crippen molar-refractivity contribution in [1.29, 1.82) is 0 Å². The Labute approximate surface area is 266 Å². The third-order valence-corrected chi connectivity index (χ3v) is 9.89. The average molecular weight is 588 g/mol. The number of nitrogens with one attached hydrogen (secondary N) is 1. The lowest BCUT2D eigenvalue weighted by Gasteiger charge is -2.17. The molecule has 0 aliphatic heterocycles. The molecule has 1 aromatic rings. The highest BCUT2D eigenvalue weighted by Gasteiger charge is 2.25. The topological polar surface area (TPSA) is 19.7 Å². The molecule has 0 amide bonds. The molecule has 0 aliphatic carbocycles. The van der Waals surface area contributed by atoms with Crippen molar-refractivity contribution in [3.63, 3.8) is 0 Å². The highest BCUT2D eigenvalue weighted by Crippen LogP contribution is 2.27. The molecule has 2 unspecified atom stereocenters. The predicted octanol–water partition coefficient (Wildman–Crippen LogP) is 14.1. The van der Waals surface area contributed by atoms with E-state index in [0.29, 0.717) is 12.0 Å². The highest BCUT2D eigenvalue weighted by atomic mass is 15.1. The number of unbranched alkanes of at least 4 members (excludes halogenated alkanes) is 25. The van der Waals surface area contributed by atoms with Crippen molar-refractivity contribution >= 4 is 0 Å². The minimum absolute atomic E-state index is 0.620. The van der Waals surface area contributed by atoms with Crippen LogP contribution in [0.15, 0.2) is 12.4 Å². The summed E-state index contributed by atoms with van der Waals surface area (Å²) in [5.74, 6) is 2.24. The number of rotatable bonds is 33. The Morgan fingerprint density at radius 2 is 0.762 bits per heavy atom. The van der Waals surface area contributed by atoms with Crippen LogP contribution in [-0.4, -0.2) is 4.98 Å². The highest BCUT2D eigenvalue weighted by molar-refractivity contribution is 4.90. The smallest absolute Gasteiger partial charge is 0.247 e. The second-order valence-electron chi connectivity index (χ2n) is 14.0. The van der Waals surface area contributed by atoms with Gasteiger partial charge in [0.1, 0.15) is 12.4 Å². The fourth-order valence-electron chi connectivity index (χ4n) is 6.96. The first-order valence-electron chi connectivity index (χ1n) is 19.8. The zero-order valence-corrected chi connectivity index (χ0v) is 29.7. The van der Waals surface area contributed by atoms with Crippen LogP contribution in [0.1, 0.15) is 245 Å². The summed E-state index contributed by atoms with van der Waals surface area (Å²) in [4.78, 5) is 3.74. The van der Waals surface area contributed by atoms with E-state index in [4.69, 9.17) is 0 Å². The molecule has 0 bridgehead atoms. The molecule has 248 valence electrons. The van der Waals surface area contributed by atoms with Crippen molar-refractivity contribution < 1.29 is 4.57 Å². The van der Waals surface area contributed by atoms with Gasteiger partial charge in [0.2, 0.25) is 0 Å². The van der Waals surface area contributed by atoms with Crippen molar-refractivity contribution in [2.75, 3.05) is 0 Å². The Morgan fingerprint density at radius 3 is 1.14 bits per heavy atom. The molecule has 1 N–H and O–H groups in total. The molecule has 1 heterocycles. The van der Waals surface area contributed by atoms with E-state index in [-0.39, 0.29) is 0 Å². The summed E-state index contributed by atoms with van der Waals surface area (Å²) in [6.07, 6.45) is 48.7. The molecule has 0 radical (unpaired) electrons. The average Bonchev–Trinajstić information content (AvgIpc) is 3.49. The van der Waals surface area contributed by atoms with Gasteiger partial charge >= 0.3 is 0 Å². The number of H-pyrrole nitrogens is 1. The maximum absolute atomic E-state index is 3.74. The number of hydrogen-bond acceptors (Lipinski definition) is 0. The van der Waals surface area contributed by atoms with Crippen LogP contribution in [0.25, 0.3) is 0 Å². The number of nitrogens with zero attached hydrogens (tertiary/aromatic N) is 1. The summed E-state index contributed by atoms with van der Waals surface area (Å²) >= 11 is 0. The van der Waals surface area contributed by atoms with Crippen LogP contribution in [0.3, 0.4) is 0 Å². The second-order valence-corrected chi connectivity index (χ2v) is 14.0. The van der Waals surface area contributed by atoms with Gasteiger partial charge in [0, 0.05) is 0 Å². The standard InChI is InChI=1S/C40H78N2/c1-5-8-11-14-16-18-20-21-22-23-25-27-29-32-35-39(34-31-28-26-24-19-17-15-12-9-6-2)40-41-36-37-42(40)38(4)33-30-13-10-7-3/h36-39H,5-35H2,1-4H3/p+1. The Kier molecular flexibility index (Phi) is 28.3. The van der Waals surface area contributed by atoms with E-state index in [1.807, 2.05) is 0 Å². The van der Waals surface area contributed by atoms with Crippen molar-refractivity contribution in [3.05, 3.63) is 18.2 Å². The number of hydrogen-bond donors (Lipinski definition) is 1. The Morgan fingerprint density at radius 1 is 0.452 bits per heavy atom. The van der Waals surface area contributed by atoms with Crippen LogP contribution in [0.4, 0.5) is 0 Å². The van der Waals surface area contributed by atoms with Crippen LogP contribution in [0, 0.1) is 0 Å². The number of imidazole rings is 1. The minimum atomic E-state index is 0.620. The van der Waals surface area contributed by atoms with Crippen LogP contribution in [-0.2, 0) is 0 Å². The number of aromatic amines is 1. The summed E-state index contributed by atoms with van der Waals surface area (Å²) in [6, 6.07) is 0.620. The molecule has 2 atom stereocenters. The second kappa shape index (κ2) is 30.2. The lowest BCUT2D eigenvalue weighted by atomic mass is 9.92. The lowest BCUT2D eigenvalue weighted by Crippen LogP contribution is -2.41. The van der Waals surface area contributed by atoms with Crippen LogP contribution in [0.5, 0.6) is 0 Å². The maximum atomic E-state index is 3.74. The molecule has 0 saturated heterocycles. The first-order valence-corrected chi connectivity index (χ1v) is 19.8. The molecule has 2 heteroatoms. The molecular weight excluding hydrogens is 508 g/mol. The van der Waals surface area contributed by atoms with Crippen LogP contribution >= 0.6 is 0 Å². The summed E-state index contributed by atoms with van der Waals surface area (Å²) in [5.41, 5.74) is 0. The molecule has 1 rings (SSSR count). The predicted molar refractivity (Wildman–Crippen MR) is 189 cm³/mol. The Balaban J connectivity index is 2.35. The molecule has 0 aliphatic rings. The van der Waals surface area contributed by atoms with Gasteiger partial charge in [-0.2, -0.15) is 0 Å². The van der Waals surface area contributed by atoms with Crippen molar-refractivity contribution in [2.45, 2.75) is 239 Å². The fraction of sp³-hybridized carbons (Fsp3) is 0.925. The van der Waals surface area contributed by atoms with Crippen molar-refractivity contribution in [2.24, 2.45) is 0 Å². The van der Waals surface area contributed by atoms with E-state index in [2.05, 4.69) is 49.6 Å². The van der Waals surface area contributed by atoms with Gasteiger partial charge in [-0.15, -0.1) is 0 Å². The molecule has 0 spiro atoms. The monoisotopic (exact) mass is 588 g/mol. The molecular formula is C40H79N2+. The molecule has 1 aromatic heterocycles. The van der Waals surface area contributed by atoms with Crippen LogP contribution < -0.4 is 4.57 Å². The third kappa shape index (κ3) is 21.8. The summed E-state index contributed by atoms with van der Waals surface area (Å²) in [6.45, 7) is 9.40. The van der Waals surface area contributed by atoms with Gasteiger partial charge in [0.15, 0.2) is 0 Å². The van der Waals surface area contributed by atoms with Crippen LogP contribution in [0.2, 0.25) is 0 Å². The van der Waals surface area contributed by atoms with Gasteiger partial charge in [-0.3, -0.25) is 0 Å². The van der Waals surface area contributed by atoms with Gasteiger partial charge in [-0.1, -0.05) is 194 Å². The Hall–Kier alpha value is -0.790.